The van der Waals surface area contributed by atoms with Gasteiger partial charge in [-0.1, -0.05) is 60.7 Å². The van der Waals surface area contributed by atoms with Crippen molar-refractivity contribution in [2.45, 2.75) is 56.7 Å². The van der Waals surface area contributed by atoms with Crippen molar-refractivity contribution in [1.29, 1.82) is 0 Å². The Bertz CT molecular complexity index is 1120. The first kappa shape index (κ1) is 24.3. The van der Waals surface area contributed by atoms with Crippen molar-refractivity contribution in [2.24, 2.45) is 0 Å². The number of amides is 2. The van der Waals surface area contributed by atoms with Gasteiger partial charge >= 0.3 is 0 Å². The highest BCUT2D eigenvalue weighted by Gasteiger charge is 2.53. The monoisotopic (exact) mass is 485 g/mol. The quantitative estimate of drug-likeness (QED) is 0.461. The molecule has 2 aliphatic heterocycles. The minimum atomic E-state index is -0.822. The Hall–Kier alpha value is -3.38. The molecule has 3 aromatic rings. The summed E-state index contributed by atoms with van der Waals surface area (Å²) < 4.78 is 5.59. The normalized spacial score (nSPS) is 20.0. The zero-order valence-electron chi connectivity index (χ0n) is 20.8. The van der Waals surface area contributed by atoms with Gasteiger partial charge in [-0.2, -0.15) is 0 Å². The van der Waals surface area contributed by atoms with Crippen molar-refractivity contribution in [2.75, 3.05) is 19.6 Å². The average Bonchev–Trinajstić information content (AvgIpc) is 3.43. The second-order valence-corrected chi connectivity index (χ2v) is 10.0. The number of unbranched alkanes of at least 4 members (excludes halogenated alkanes) is 1. The largest absolute Gasteiger partial charge is 0.467 e. The standard InChI is InChI=1S/C30H35N3O3/c34-28-27(22-25-13-5-2-6-14-25)31-29(35)30(33(28)23-26-15-9-21-36-26)16-19-32(20-17-30)18-8-7-12-24-10-3-1-4-11-24/h1-6,9-11,13-15,21,27H,7-8,12,16-20,22-23H2,(H,31,35). The molecule has 3 heterocycles. The third-order valence-corrected chi connectivity index (χ3v) is 7.70. The highest BCUT2D eigenvalue weighted by Crippen LogP contribution is 2.35. The Morgan fingerprint density at radius 3 is 2.22 bits per heavy atom. The highest BCUT2D eigenvalue weighted by molar-refractivity contribution is 6.00. The van der Waals surface area contributed by atoms with E-state index >= 15 is 0 Å². The van der Waals surface area contributed by atoms with Crippen LogP contribution in [-0.2, 0) is 29.0 Å². The third-order valence-electron chi connectivity index (χ3n) is 7.70. The Morgan fingerprint density at radius 2 is 1.56 bits per heavy atom. The van der Waals surface area contributed by atoms with E-state index in [2.05, 4.69) is 40.5 Å². The van der Waals surface area contributed by atoms with E-state index in [0.717, 1.165) is 44.5 Å². The number of furan rings is 1. The van der Waals surface area contributed by atoms with Gasteiger partial charge in [0.2, 0.25) is 11.8 Å². The van der Waals surface area contributed by atoms with Crippen molar-refractivity contribution in [3.8, 4) is 0 Å². The first-order chi connectivity index (χ1) is 17.6. The van der Waals surface area contributed by atoms with Crippen LogP contribution in [0.3, 0.4) is 0 Å². The van der Waals surface area contributed by atoms with E-state index in [1.807, 2.05) is 47.4 Å². The van der Waals surface area contributed by atoms with Gasteiger partial charge < -0.3 is 19.5 Å². The molecular formula is C30H35N3O3. The van der Waals surface area contributed by atoms with E-state index in [-0.39, 0.29) is 11.8 Å². The van der Waals surface area contributed by atoms with Crippen LogP contribution < -0.4 is 5.32 Å². The molecule has 188 valence electrons. The molecule has 1 aromatic heterocycles. The summed E-state index contributed by atoms with van der Waals surface area (Å²) in [4.78, 5) is 31.6. The topological polar surface area (TPSA) is 65.8 Å². The van der Waals surface area contributed by atoms with E-state index < -0.39 is 11.6 Å². The SMILES string of the molecule is O=C1C(Cc2ccccc2)NC(=O)C2(CCN(CCCCc3ccccc3)CC2)N1Cc1ccco1. The van der Waals surface area contributed by atoms with Crippen LogP contribution in [0, 0.1) is 0 Å². The number of benzene rings is 2. The summed E-state index contributed by atoms with van der Waals surface area (Å²) in [6, 6.07) is 23.6. The smallest absolute Gasteiger partial charge is 0.246 e. The van der Waals surface area contributed by atoms with Crippen molar-refractivity contribution in [3.05, 3.63) is 95.9 Å². The second-order valence-electron chi connectivity index (χ2n) is 10.0. The zero-order chi connectivity index (χ0) is 24.8. The molecule has 1 N–H and O–H groups in total. The average molecular weight is 486 g/mol. The molecule has 5 rings (SSSR count). The molecule has 1 spiro atoms. The molecule has 0 saturated carbocycles. The maximum atomic E-state index is 13.8. The van der Waals surface area contributed by atoms with Crippen LogP contribution >= 0.6 is 0 Å². The lowest BCUT2D eigenvalue weighted by Gasteiger charge is -2.51. The molecule has 1 unspecified atom stereocenters. The molecular weight excluding hydrogens is 450 g/mol. The van der Waals surface area contributed by atoms with Crippen LogP contribution in [0.5, 0.6) is 0 Å². The van der Waals surface area contributed by atoms with E-state index in [1.165, 1.54) is 5.56 Å². The highest BCUT2D eigenvalue weighted by atomic mass is 16.3. The number of hydrogen-bond donors (Lipinski definition) is 1. The molecule has 36 heavy (non-hydrogen) atoms. The van der Waals surface area contributed by atoms with E-state index in [9.17, 15) is 9.59 Å². The Kier molecular flexibility index (Phi) is 7.52. The van der Waals surface area contributed by atoms with Crippen molar-refractivity contribution < 1.29 is 14.0 Å². The lowest BCUT2D eigenvalue weighted by Crippen LogP contribution is -2.72. The molecule has 6 nitrogen and oxygen atoms in total. The summed E-state index contributed by atoms with van der Waals surface area (Å²) in [7, 11) is 0. The number of likely N-dealkylation sites (tertiary alicyclic amines) is 1. The fraction of sp³-hybridized carbons (Fsp3) is 0.400. The fourth-order valence-corrected chi connectivity index (χ4v) is 5.60. The number of carbonyl (C=O) groups excluding carboxylic acids is 2. The summed E-state index contributed by atoms with van der Waals surface area (Å²) in [5.74, 6) is 0.656. The van der Waals surface area contributed by atoms with Gasteiger partial charge in [0, 0.05) is 19.5 Å². The number of aryl methyl sites for hydroxylation is 1. The summed E-state index contributed by atoms with van der Waals surface area (Å²) in [5.41, 5.74) is 1.60. The molecule has 6 heteroatoms. The predicted molar refractivity (Wildman–Crippen MR) is 139 cm³/mol. The molecule has 0 aliphatic carbocycles. The van der Waals surface area contributed by atoms with Gasteiger partial charge in [0.15, 0.2) is 0 Å². The number of piperazine rings is 1. The first-order valence-corrected chi connectivity index (χ1v) is 13.1. The Morgan fingerprint density at radius 1 is 0.861 bits per heavy atom. The van der Waals surface area contributed by atoms with Gasteiger partial charge in [0.25, 0.3) is 0 Å². The lowest BCUT2D eigenvalue weighted by atomic mass is 9.81. The van der Waals surface area contributed by atoms with E-state index in [1.54, 1.807) is 6.26 Å². The molecule has 2 amide bonds. The van der Waals surface area contributed by atoms with Gasteiger partial charge in [-0.3, -0.25) is 9.59 Å². The van der Waals surface area contributed by atoms with Crippen LogP contribution in [0.15, 0.2) is 83.5 Å². The van der Waals surface area contributed by atoms with E-state index in [0.29, 0.717) is 31.6 Å². The zero-order valence-corrected chi connectivity index (χ0v) is 20.8. The van der Waals surface area contributed by atoms with Gasteiger partial charge in [0.1, 0.15) is 17.3 Å². The number of rotatable bonds is 9. The van der Waals surface area contributed by atoms with E-state index in [4.69, 9.17) is 4.42 Å². The van der Waals surface area contributed by atoms with Gasteiger partial charge in [-0.05, 0) is 61.9 Å². The van der Waals surface area contributed by atoms with Crippen molar-refractivity contribution in [3.63, 3.8) is 0 Å². The molecule has 2 saturated heterocycles. The number of piperidine rings is 1. The Balaban J connectivity index is 1.23. The Labute approximate surface area is 213 Å². The van der Waals surface area contributed by atoms with Crippen molar-refractivity contribution >= 4 is 11.8 Å². The van der Waals surface area contributed by atoms with Gasteiger partial charge in [0.05, 0.1) is 12.8 Å². The van der Waals surface area contributed by atoms with Crippen LogP contribution in [0.4, 0.5) is 0 Å². The summed E-state index contributed by atoms with van der Waals surface area (Å²) in [6.45, 7) is 2.96. The van der Waals surface area contributed by atoms with Crippen molar-refractivity contribution in [1.82, 2.24) is 15.1 Å². The minimum Gasteiger partial charge on any atom is -0.467 e. The lowest BCUT2D eigenvalue weighted by molar-refractivity contribution is -0.162. The molecule has 2 aliphatic rings. The number of nitrogens with zero attached hydrogens (tertiary/aromatic N) is 2. The number of carbonyl (C=O) groups is 2. The van der Waals surface area contributed by atoms with Gasteiger partial charge in [-0.15, -0.1) is 0 Å². The summed E-state index contributed by atoms with van der Waals surface area (Å²) in [5, 5.41) is 3.09. The molecule has 0 bridgehead atoms. The molecule has 1 atom stereocenters. The van der Waals surface area contributed by atoms with Crippen LogP contribution in [0.2, 0.25) is 0 Å². The molecule has 0 radical (unpaired) electrons. The van der Waals surface area contributed by atoms with Gasteiger partial charge in [-0.25, -0.2) is 0 Å². The maximum Gasteiger partial charge on any atom is 0.246 e. The van der Waals surface area contributed by atoms with Crippen LogP contribution in [-0.4, -0.2) is 52.8 Å². The summed E-state index contributed by atoms with van der Waals surface area (Å²) in [6.07, 6.45) is 6.76. The van der Waals surface area contributed by atoms with Crippen LogP contribution in [0.1, 0.15) is 42.6 Å². The predicted octanol–water partition coefficient (Wildman–Crippen LogP) is 4.21. The first-order valence-electron chi connectivity index (χ1n) is 13.1. The number of hydrogen-bond acceptors (Lipinski definition) is 4. The fourth-order valence-electron chi connectivity index (χ4n) is 5.60. The summed E-state index contributed by atoms with van der Waals surface area (Å²) >= 11 is 0. The van der Waals surface area contributed by atoms with Crippen LogP contribution in [0.25, 0.3) is 0 Å². The number of nitrogens with one attached hydrogen (secondary N) is 1. The molecule has 2 aromatic carbocycles. The molecule has 2 fully saturated rings. The minimum absolute atomic E-state index is 0.0221. The second kappa shape index (κ2) is 11.1. The third kappa shape index (κ3) is 5.39. The maximum absolute atomic E-state index is 13.8.